The number of benzene rings is 2. The van der Waals surface area contributed by atoms with Crippen molar-refractivity contribution >= 4 is 0 Å². The highest BCUT2D eigenvalue weighted by Gasteiger charge is 2.10. The molecular formula is C28H30N2O6. The van der Waals surface area contributed by atoms with Crippen molar-refractivity contribution in [1.82, 2.24) is 9.13 Å². The van der Waals surface area contributed by atoms with Crippen LogP contribution in [0.1, 0.15) is 11.1 Å². The Labute approximate surface area is 209 Å². The van der Waals surface area contributed by atoms with E-state index in [-0.39, 0.29) is 11.1 Å². The Morgan fingerprint density at radius 1 is 0.528 bits per heavy atom. The molecule has 2 aromatic heterocycles. The minimum absolute atomic E-state index is 0.0935. The quantitative estimate of drug-likeness (QED) is 0.400. The molecule has 8 nitrogen and oxygen atoms in total. The first-order chi connectivity index (χ1) is 17.3. The van der Waals surface area contributed by atoms with Gasteiger partial charge in [0.1, 0.15) is 23.0 Å². The molecule has 0 aliphatic carbocycles. The van der Waals surface area contributed by atoms with Gasteiger partial charge < -0.3 is 18.9 Å². The molecule has 0 spiro atoms. The van der Waals surface area contributed by atoms with Crippen LogP contribution in [0, 0.1) is 13.8 Å². The smallest absolute Gasteiger partial charge is 0.255 e. The highest BCUT2D eigenvalue weighted by atomic mass is 16.5. The molecule has 2 aromatic carbocycles. The highest BCUT2D eigenvalue weighted by Crippen LogP contribution is 2.27. The molecule has 0 atom stereocenters. The second-order valence-electron chi connectivity index (χ2n) is 7.90. The Morgan fingerprint density at radius 3 is 1.56 bits per heavy atom. The summed E-state index contributed by atoms with van der Waals surface area (Å²) in [5.74, 6) is 2.60. The average Bonchev–Trinajstić information content (AvgIpc) is 2.91. The van der Waals surface area contributed by atoms with Crippen LogP contribution in [0.25, 0.3) is 11.4 Å². The van der Waals surface area contributed by atoms with Gasteiger partial charge in [-0.15, -0.1) is 0 Å². The summed E-state index contributed by atoms with van der Waals surface area (Å²) in [5.41, 5.74) is 3.18. The van der Waals surface area contributed by atoms with Crippen LogP contribution < -0.4 is 30.1 Å². The lowest BCUT2D eigenvalue weighted by Crippen LogP contribution is -2.17. The standard InChI is InChI=1S/2C14H15NO3/c1-10-4-7-14(16)15(9-10)12-8-11(17-2)5-6-13(12)18-3;1-10-4-7-14(16)15(9-10)12-6-5-11(17-2)8-13(12)18-3/h2*4-9H,1-3H3. The average molecular weight is 491 g/mol. The minimum atomic E-state index is -0.104. The van der Waals surface area contributed by atoms with Crippen molar-refractivity contribution in [2.24, 2.45) is 0 Å². The fourth-order valence-corrected chi connectivity index (χ4v) is 3.53. The van der Waals surface area contributed by atoms with Crippen molar-refractivity contribution in [3.05, 3.63) is 105 Å². The van der Waals surface area contributed by atoms with E-state index in [0.717, 1.165) is 11.1 Å². The summed E-state index contributed by atoms with van der Waals surface area (Å²) in [6.45, 7) is 3.87. The molecule has 0 bridgehead atoms. The summed E-state index contributed by atoms with van der Waals surface area (Å²) < 4.78 is 24.0. The molecule has 0 unspecified atom stereocenters. The van der Waals surface area contributed by atoms with Crippen molar-refractivity contribution in [2.45, 2.75) is 13.8 Å². The number of hydrogen-bond acceptors (Lipinski definition) is 6. The van der Waals surface area contributed by atoms with Gasteiger partial charge in [-0.25, -0.2) is 0 Å². The third-order valence-electron chi connectivity index (χ3n) is 5.41. The molecule has 0 aliphatic rings. The number of ether oxygens (including phenoxy) is 4. The molecule has 0 fully saturated rings. The maximum atomic E-state index is 11.9. The van der Waals surface area contributed by atoms with Crippen LogP contribution in [-0.2, 0) is 0 Å². The third kappa shape index (κ3) is 5.96. The van der Waals surface area contributed by atoms with E-state index in [1.807, 2.05) is 13.8 Å². The molecule has 4 aromatic rings. The molecule has 0 aliphatic heterocycles. The minimum Gasteiger partial charge on any atom is -0.497 e. The second-order valence-corrected chi connectivity index (χ2v) is 7.90. The topological polar surface area (TPSA) is 80.9 Å². The number of methoxy groups -OCH3 is 4. The molecule has 2 heterocycles. The largest absolute Gasteiger partial charge is 0.497 e. The first-order valence-electron chi connectivity index (χ1n) is 11.1. The normalized spacial score (nSPS) is 10.2. The van der Waals surface area contributed by atoms with Gasteiger partial charge in [0, 0.05) is 36.7 Å². The van der Waals surface area contributed by atoms with Gasteiger partial charge in [0.25, 0.3) is 11.1 Å². The Bertz CT molecular complexity index is 1460. The van der Waals surface area contributed by atoms with Gasteiger partial charge in [-0.1, -0.05) is 12.1 Å². The SMILES string of the molecule is COc1ccc(-n2cc(C)ccc2=O)c(OC)c1.COc1ccc(OC)c(-n2cc(C)ccc2=O)c1. The summed E-state index contributed by atoms with van der Waals surface area (Å²) in [4.78, 5) is 23.8. The van der Waals surface area contributed by atoms with Crippen LogP contribution in [0.2, 0.25) is 0 Å². The van der Waals surface area contributed by atoms with E-state index in [4.69, 9.17) is 18.9 Å². The molecule has 36 heavy (non-hydrogen) atoms. The van der Waals surface area contributed by atoms with Gasteiger partial charge in [-0.2, -0.15) is 0 Å². The number of hydrogen-bond donors (Lipinski definition) is 0. The van der Waals surface area contributed by atoms with E-state index in [9.17, 15) is 9.59 Å². The fraction of sp³-hybridized carbons (Fsp3) is 0.214. The van der Waals surface area contributed by atoms with Crippen LogP contribution in [0.3, 0.4) is 0 Å². The summed E-state index contributed by atoms with van der Waals surface area (Å²) in [5, 5.41) is 0. The predicted molar refractivity (Wildman–Crippen MR) is 140 cm³/mol. The number of pyridine rings is 2. The van der Waals surface area contributed by atoms with E-state index >= 15 is 0 Å². The van der Waals surface area contributed by atoms with Gasteiger partial charge in [0.05, 0.1) is 39.8 Å². The molecule has 0 radical (unpaired) electrons. The molecule has 4 rings (SSSR count). The maximum Gasteiger partial charge on any atom is 0.255 e. The molecule has 0 N–H and O–H groups in total. The van der Waals surface area contributed by atoms with Crippen molar-refractivity contribution in [1.29, 1.82) is 0 Å². The zero-order valence-corrected chi connectivity index (χ0v) is 21.3. The summed E-state index contributed by atoms with van der Waals surface area (Å²) >= 11 is 0. The predicted octanol–water partition coefficient (Wildman–Crippen LogP) is 4.33. The van der Waals surface area contributed by atoms with E-state index < -0.39 is 0 Å². The second kappa shape index (κ2) is 11.8. The van der Waals surface area contributed by atoms with Crippen LogP contribution in [0.15, 0.2) is 82.6 Å². The molecule has 0 saturated carbocycles. The lowest BCUT2D eigenvalue weighted by atomic mass is 10.2. The summed E-state index contributed by atoms with van der Waals surface area (Å²) in [6.07, 6.45) is 3.56. The van der Waals surface area contributed by atoms with Gasteiger partial charge in [-0.3, -0.25) is 18.7 Å². The molecule has 188 valence electrons. The Morgan fingerprint density at radius 2 is 1.03 bits per heavy atom. The molecular weight excluding hydrogens is 460 g/mol. The van der Waals surface area contributed by atoms with Gasteiger partial charge in [0.15, 0.2) is 0 Å². The van der Waals surface area contributed by atoms with Crippen LogP contribution in [-0.4, -0.2) is 37.6 Å². The number of aryl methyl sites for hydroxylation is 2. The van der Waals surface area contributed by atoms with Gasteiger partial charge in [-0.05, 0) is 49.2 Å². The van der Waals surface area contributed by atoms with E-state index in [2.05, 4.69) is 0 Å². The monoisotopic (exact) mass is 490 g/mol. The number of rotatable bonds is 6. The third-order valence-corrected chi connectivity index (χ3v) is 5.41. The lowest BCUT2D eigenvalue weighted by Gasteiger charge is -2.12. The summed E-state index contributed by atoms with van der Waals surface area (Å²) in [6, 6.07) is 17.4. The van der Waals surface area contributed by atoms with Crippen LogP contribution in [0.4, 0.5) is 0 Å². The van der Waals surface area contributed by atoms with E-state index in [1.165, 1.54) is 6.07 Å². The number of aromatic nitrogens is 2. The Kier molecular flexibility index (Phi) is 8.57. The van der Waals surface area contributed by atoms with Crippen LogP contribution in [0.5, 0.6) is 23.0 Å². The molecule has 0 saturated heterocycles. The zero-order chi connectivity index (χ0) is 26.2. The fourth-order valence-electron chi connectivity index (χ4n) is 3.53. The summed E-state index contributed by atoms with van der Waals surface area (Å²) in [7, 11) is 6.32. The Hall–Kier alpha value is -4.46. The van der Waals surface area contributed by atoms with Gasteiger partial charge >= 0.3 is 0 Å². The van der Waals surface area contributed by atoms with Crippen molar-refractivity contribution < 1.29 is 18.9 Å². The first-order valence-corrected chi connectivity index (χ1v) is 11.1. The first kappa shape index (κ1) is 26.2. The van der Waals surface area contributed by atoms with Crippen LogP contribution >= 0.6 is 0 Å². The van der Waals surface area contributed by atoms with Gasteiger partial charge in [0.2, 0.25) is 0 Å². The highest BCUT2D eigenvalue weighted by molar-refractivity contribution is 5.52. The number of nitrogens with zero attached hydrogens (tertiary/aromatic N) is 2. The molecule has 8 heteroatoms. The maximum absolute atomic E-state index is 11.9. The van der Waals surface area contributed by atoms with E-state index in [1.54, 1.807) is 105 Å². The van der Waals surface area contributed by atoms with E-state index in [0.29, 0.717) is 34.4 Å². The van der Waals surface area contributed by atoms with Crippen molar-refractivity contribution in [3.63, 3.8) is 0 Å². The van der Waals surface area contributed by atoms with Crippen molar-refractivity contribution in [3.8, 4) is 34.4 Å². The van der Waals surface area contributed by atoms with Crippen molar-refractivity contribution in [2.75, 3.05) is 28.4 Å². The zero-order valence-electron chi connectivity index (χ0n) is 21.3. The Balaban J connectivity index is 0.000000201. The molecule has 0 amide bonds. The lowest BCUT2D eigenvalue weighted by molar-refractivity contribution is 0.393.